The Labute approximate surface area is 160 Å². The summed E-state index contributed by atoms with van der Waals surface area (Å²) in [5, 5.41) is 39.3. The molecule has 0 radical (unpaired) electrons. The van der Waals surface area contributed by atoms with Crippen LogP contribution in [0.25, 0.3) is 0 Å². The van der Waals surface area contributed by atoms with E-state index in [1.807, 2.05) is 48.6 Å². The second-order valence-electron chi connectivity index (χ2n) is 7.25. The summed E-state index contributed by atoms with van der Waals surface area (Å²) in [6.45, 7) is 0. The fraction of sp³-hybridized carbons (Fsp3) is 0.500. The molecule has 0 aromatic heterocycles. The largest absolute Gasteiger partial charge is 0.481 e. The maximum absolute atomic E-state index is 10.5. The Balaban J connectivity index is 1.86. The number of aliphatic carboxylic acids is 1. The smallest absolute Gasteiger partial charge is 0.303 e. The lowest BCUT2D eigenvalue weighted by Crippen LogP contribution is -2.20. The summed E-state index contributed by atoms with van der Waals surface area (Å²) < 4.78 is 0. The maximum Gasteiger partial charge on any atom is 0.303 e. The molecule has 0 bridgehead atoms. The highest BCUT2D eigenvalue weighted by molar-refractivity contribution is 5.66. The van der Waals surface area contributed by atoms with Gasteiger partial charge in [-0.2, -0.15) is 0 Å². The van der Waals surface area contributed by atoms with Gasteiger partial charge in [0.15, 0.2) is 0 Å². The summed E-state index contributed by atoms with van der Waals surface area (Å²) in [6, 6.07) is 9.72. The van der Waals surface area contributed by atoms with E-state index in [1.165, 1.54) is 0 Å². The van der Waals surface area contributed by atoms with Gasteiger partial charge in [-0.3, -0.25) is 4.79 Å². The van der Waals surface area contributed by atoms with Crippen LogP contribution in [0, 0.1) is 11.8 Å². The number of carboxylic acid groups (broad SMARTS) is 1. The van der Waals surface area contributed by atoms with Crippen molar-refractivity contribution in [3.05, 3.63) is 60.2 Å². The Morgan fingerprint density at radius 3 is 2.59 bits per heavy atom. The van der Waals surface area contributed by atoms with E-state index >= 15 is 0 Å². The molecule has 1 aromatic carbocycles. The minimum Gasteiger partial charge on any atom is -0.481 e. The third kappa shape index (κ3) is 7.29. The van der Waals surface area contributed by atoms with Gasteiger partial charge in [-0.15, -0.1) is 0 Å². The predicted molar refractivity (Wildman–Crippen MR) is 104 cm³/mol. The van der Waals surface area contributed by atoms with Crippen molar-refractivity contribution in [3.8, 4) is 0 Å². The molecule has 4 N–H and O–H groups in total. The molecule has 5 heteroatoms. The molecule has 148 valence electrons. The van der Waals surface area contributed by atoms with Gasteiger partial charge in [-0.05, 0) is 30.7 Å². The summed E-state index contributed by atoms with van der Waals surface area (Å²) in [6.07, 6.45) is 8.50. The second-order valence-corrected chi connectivity index (χ2v) is 7.25. The van der Waals surface area contributed by atoms with Gasteiger partial charge in [0, 0.05) is 25.2 Å². The highest BCUT2D eigenvalue weighted by atomic mass is 16.4. The first-order valence-corrected chi connectivity index (χ1v) is 9.60. The molecular weight excluding hydrogens is 344 g/mol. The van der Waals surface area contributed by atoms with E-state index in [0.29, 0.717) is 32.1 Å². The van der Waals surface area contributed by atoms with E-state index in [9.17, 15) is 20.1 Å². The Kier molecular flexibility index (Phi) is 8.72. The van der Waals surface area contributed by atoms with Crippen LogP contribution in [0.15, 0.2) is 54.6 Å². The van der Waals surface area contributed by atoms with Crippen molar-refractivity contribution in [1.29, 1.82) is 0 Å². The number of unbranched alkanes of at least 4 members (excludes halogenated alkanes) is 1. The third-order valence-electron chi connectivity index (χ3n) is 5.10. The van der Waals surface area contributed by atoms with Crippen LogP contribution in [0.5, 0.6) is 0 Å². The van der Waals surface area contributed by atoms with E-state index in [-0.39, 0.29) is 18.3 Å². The number of hydrogen-bond acceptors (Lipinski definition) is 4. The van der Waals surface area contributed by atoms with Gasteiger partial charge in [-0.25, -0.2) is 0 Å². The van der Waals surface area contributed by atoms with E-state index < -0.39 is 24.3 Å². The number of aliphatic hydroxyl groups excluding tert-OH is 3. The molecular formula is C22H30O5. The van der Waals surface area contributed by atoms with Crippen LogP contribution in [-0.4, -0.2) is 44.7 Å². The van der Waals surface area contributed by atoms with Crippen molar-refractivity contribution < 1.29 is 25.2 Å². The van der Waals surface area contributed by atoms with Gasteiger partial charge in [-0.1, -0.05) is 54.6 Å². The van der Waals surface area contributed by atoms with Crippen molar-refractivity contribution in [2.24, 2.45) is 11.8 Å². The van der Waals surface area contributed by atoms with Crippen molar-refractivity contribution in [3.63, 3.8) is 0 Å². The normalized spacial score (nSPS) is 26.8. The number of rotatable bonds is 10. The zero-order chi connectivity index (χ0) is 19.6. The lowest BCUT2D eigenvalue weighted by Gasteiger charge is -2.19. The molecule has 0 unspecified atom stereocenters. The van der Waals surface area contributed by atoms with E-state index in [4.69, 9.17) is 5.11 Å². The Bertz CT molecular complexity index is 625. The zero-order valence-corrected chi connectivity index (χ0v) is 15.5. The van der Waals surface area contributed by atoms with E-state index in [0.717, 1.165) is 5.56 Å². The molecule has 1 aliphatic carbocycles. The second kappa shape index (κ2) is 11.0. The number of carboxylic acids is 1. The Morgan fingerprint density at radius 1 is 1.15 bits per heavy atom. The number of carbonyl (C=O) groups is 1. The Morgan fingerprint density at radius 2 is 1.89 bits per heavy atom. The van der Waals surface area contributed by atoms with Gasteiger partial charge in [0.2, 0.25) is 0 Å². The topological polar surface area (TPSA) is 98.0 Å². The molecule has 0 heterocycles. The molecule has 2 rings (SSSR count). The SMILES string of the molecule is O=C(O)CCC/C=C/C[C@@H]1[C@@H](/C=C/[C@@H](O)Cc2ccccc2)[C@H](O)C[C@@H]1O. The Hall–Kier alpha value is -1.95. The molecule has 0 spiro atoms. The van der Waals surface area contributed by atoms with Crippen LogP contribution in [0.1, 0.15) is 37.7 Å². The third-order valence-corrected chi connectivity index (χ3v) is 5.10. The summed E-state index contributed by atoms with van der Waals surface area (Å²) in [5.74, 6) is -1.10. The first-order chi connectivity index (χ1) is 13.0. The molecule has 0 saturated heterocycles. The number of hydrogen-bond donors (Lipinski definition) is 4. The molecule has 5 nitrogen and oxygen atoms in total. The minimum atomic E-state index is -0.794. The van der Waals surface area contributed by atoms with Crippen LogP contribution in [0.3, 0.4) is 0 Å². The van der Waals surface area contributed by atoms with Crippen molar-refractivity contribution in [1.82, 2.24) is 0 Å². The molecule has 27 heavy (non-hydrogen) atoms. The van der Waals surface area contributed by atoms with Gasteiger partial charge in [0.25, 0.3) is 0 Å². The summed E-state index contributed by atoms with van der Waals surface area (Å²) in [7, 11) is 0. The summed E-state index contributed by atoms with van der Waals surface area (Å²) >= 11 is 0. The van der Waals surface area contributed by atoms with Crippen molar-refractivity contribution in [2.45, 2.75) is 56.8 Å². The van der Waals surface area contributed by atoms with Crippen molar-refractivity contribution in [2.75, 3.05) is 0 Å². The minimum absolute atomic E-state index is 0.101. The van der Waals surface area contributed by atoms with Gasteiger partial charge >= 0.3 is 5.97 Å². The molecule has 1 aromatic rings. The number of benzene rings is 1. The highest BCUT2D eigenvalue weighted by Gasteiger charge is 2.39. The van der Waals surface area contributed by atoms with Crippen LogP contribution >= 0.6 is 0 Å². The average Bonchev–Trinajstić information content (AvgIpc) is 2.89. The molecule has 5 atom stereocenters. The van der Waals surface area contributed by atoms with Crippen molar-refractivity contribution >= 4 is 5.97 Å². The van der Waals surface area contributed by atoms with E-state index in [2.05, 4.69) is 0 Å². The van der Waals surface area contributed by atoms with Gasteiger partial charge < -0.3 is 20.4 Å². The fourth-order valence-electron chi connectivity index (χ4n) is 3.63. The fourth-order valence-corrected chi connectivity index (χ4v) is 3.63. The monoisotopic (exact) mass is 374 g/mol. The molecule has 0 aliphatic heterocycles. The quantitative estimate of drug-likeness (QED) is 0.373. The van der Waals surface area contributed by atoms with Gasteiger partial charge in [0.1, 0.15) is 0 Å². The predicted octanol–water partition coefficient (Wildman–Crippen LogP) is 2.71. The first kappa shape index (κ1) is 21.4. The van der Waals surface area contributed by atoms with Crippen LogP contribution < -0.4 is 0 Å². The maximum atomic E-state index is 10.5. The molecule has 1 saturated carbocycles. The zero-order valence-electron chi connectivity index (χ0n) is 15.5. The standard InChI is InChI=1S/C22H30O5/c23-17(14-16-8-4-3-5-9-16)12-13-19-18(20(24)15-21(19)25)10-6-1-2-7-11-22(26)27/h1,3-6,8-9,12-13,17-21,23-25H,2,7,10-11,14-15H2,(H,26,27)/b6-1+,13-12+/t17-,18-,19-,20+,21-/m1/s1. The summed E-state index contributed by atoms with van der Waals surface area (Å²) in [5.41, 5.74) is 1.04. The van der Waals surface area contributed by atoms with E-state index in [1.54, 1.807) is 6.08 Å². The highest BCUT2D eigenvalue weighted by Crippen LogP contribution is 2.36. The lowest BCUT2D eigenvalue weighted by atomic mass is 9.89. The average molecular weight is 374 g/mol. The van der Waals surface area contributed by atoms with Crippen LogP contribution in [0.2, 0.25) is 0 Å². The first-order valence-electron chi connectivity index (χ1n) is 9.60. The molecule has 1 fully saturated rings. The van der Waals surface area contributed by atoms with Gasteiger partial charge in [0.05, 0.1) is 18.3 Å². The van der Waals surface area contributed by atoms with Crippen LogP contribution in [-0.2, 0) is 11.2 Å². The summed E-state index contributed by atoms with van der Waals surface area (Å²) in [4.78, 5) is 10.5. The lowest BCUT2D eigenvalue weighted by molar-refractivity contribution is -0.137. The number of aliphatic hydroxyl groups is 3. The molecule has 1 aliphatic rings. The van der Waals surface area contributed by atoms with Crippen LogP contribution in [0.4, 0.5) is 0 Å². The molecule has 0 amide bonds. The number of allylic oxidation sites excluding steroid dienone is 2.